The molecule has 0 atom stereocenters. The van der Waals surface area contributed by atoms with Crippen LogP contribution in [0.25, 0.3) is 0 Å². The van der Waals surface area contributed by atoms with Crippen molar-refractivity contribution in [1.82, 2.24) is 9.55 Å². The second-order valence-electron chi connectivity index (χ2n) is 6.05. The van der Waals surface area contributed by atoms with Gasteiger partial charge in [-0.25, -0.2) is 4.98 Å². The van der Waals surface area contributed by atoms with Gasteiger partial charge in [0.2, 0.25) is 5.95 Å². The Morgan fingerprint density at radius 1 is 1.13 bits per heavy atom. The third-order valence-electron chi connectivity index (χ3n) is 3.95. The van der Waals surface area contributed by atoms with Crippen LogP contribution in [0.15, 0.2) is 53.3 Å². The van der Waals surface area contributed by atoms with Gasteiger partial charge in [-0.15, -0.1) is 0 Å². The highest BCUT2D eigenvalue weighted by atomic mass is 35.5. The first-order chi connectivity index (χ1) is 14.1. The summed E-state index contributed by atoms with van der Waals surface area (Å²) in [6.45, 7) is -0.169. The summed E-state index contributed by atoms with van der Waals surface area (Å²) in [4.78, 5) is 26.4. The van der Waals surface area contributed by atoms with Crippen molar-refractivity contribution in [2.75, 3.05) is 5.32 Å². The highest BCUT2D eigenvalue weighted by molar-refractivity contribution is 6.31. The van der Waals surface area contributed by atoms with Crippen molar-refractivity contribution in [2.24, 2.45) is 0 Å². The molecule has 0 fully saturated rings. The highest BCUT2D eigenvalue weighted by Crippen LogP contribution is 2.33. The largest absolute Gasteiger partial charge is 0.435 e. The molecular formula is C18H11Cl2F3N4O3. The Kier molecular flexibility index (Phi) is 5.99. The molecule has 0 amide bonds. The Bertz CT molecular complexity index is 1160. The zero-order valence-corrected chi connectivity index (χ0v) is 16.3. The molecule has 156 valence electrons. The van der Waals surface area contributed by atoms with Crippen molar-refractivity contribution >= 4 is 40.5 Å². The van der Waals surface area contributed by atoms with E-state index in [0.29, 0.717) is 10.6 Å². The van der Waals surface area contributed by atoms with E-state index >= 15 is 0 Å². The Labute approximate surface area is 176 Å². The van der Waals surface area contributed by atoms with Gasteiger partial charge in [0.25, 0.3) is 11.2 Å². The molecule has 3 rings (SSSR count). The first kappa shape index (κ1) is 21.6. The van der Waals surface area contributed by atoms with E-state index in [-0.39, 0.29) is 17.9 Å². The molecule has 0 saturated heterocycles. The molecular weight excluding hydrogens is 448 g/mol. The maximum absolute atomic E-state index is 13.3. The molecule has 1 heterocycles. The van der Waals surface area contributed by atoms with Gasteiger partial charge in [0, 0.05) is 22.8 Å². The molecule has 30 heavy (non-hydrogen) atoms. The quantitative estimate of drug-likeness (QED) is 0.415. The van der Waals surface area contributed by atoms with E-state index in [9.17, 15) is 28.1 Å². The predicted molar refractivity (Wildman–Crippen MR) is 105 cm³/mol. The normalized spacial score (nSPS) is 11.4. The number of halogens is 5. The van der Waals surface area contributed by atoms with Crippen LogP contribution >= 0.6 is 23.2 Å². The monoisotopic (exact) mass is 458 g/mol. The first-order valence-electron chi connectivity index (χ1n) is 8.19. The van der Waals surface area contributed by atoms with Gasteiger partial charge in [-0.1, -0.05) is 41.4 Å². The number of nitro groups is 1. The van der Waals surface area contributed by atoms with Gasteiger partial charge in [-0.3, -0.25) is 19.5 Å². The van der Waals surface area contributed by atoms with Gasteiger partial charge in [-0.2, -0.15) is 13.2 Å². The zero-order valence-electron chi connectivity index (χ0n) is 14.8. The van der Waals surface area contributed by atoms with Crippen LogP contribution in [0, 0.1) is 10.1 Å². The van der Waals surface area contributed by atoms with Crippen molar-refractivity contribution in [2.45, 2.75) is 12.7 Å². The average molecular weight is 459 g/mol. The zero-order chi connectivity index (χ0) is 22.1. The number of anilines is 2. The van der Waals surface area contributed by atoms with E-state index in [2.05, 4.69) is 10.3 Å². The summed E-state index contributed by atoms with van der Waals surface area (Å²) in [6.07, 6.45) is -4.98. The van der Waals surface area contributed by atoms with Gasteiger partial charge in [0.05, 0.1) is 11.5 Å². The molecule has 1 aromatic heterocycles. The number of non-ortho nitro benzene ring substituents is 1. The van der Waals surface area contributed by atoms with E-state index in [1.165, 1.54) is 18.2 Å². The lowest BCUT2D eigenvalue weighted by atomic mass is 10.2. The van der Waals surface area contributed by atoms with Crippen LogP contribution in [0.5, 0.6) is 0 Å². The Hall–Kier alpha value is -3.11. The Morgan fingerprint density at radius 2 is 1.80 bits per heavy atom. The second-order valence-corrected chi connectivity index (χ2v) is 6.86. The van der Waals surface area contributed by atoms with Crippen molar-refractivity contribution in [3.05, 3.63) is 90.3 Å². The number of aromatic nitrogens is 2. The number of hydrogen-bond acceptors (Lipinski definition) is 5. The van der Waals surface area contributed by atoms with Crippen LogP contribution in [0.2, 0.25) is 10.0 Å². The molecule has 0 unspecified atom stereocenters. The van der Waals surface area contributed by atoms with E-state index < -0.39 is 33.3 Å². The fraction of sp³-hybridized carbons (Fsp3) is 0.111. The lowest BCUT2D eigenvalue weighted by Crippen LogP contribution is -2.29. The maximum atomic E-state index is 13.3. The molecule has 3 aromatic rings. The number of nitro benzene ring substituents is 1. The number of rotatable bonds is 5. The molecule has 0 saturated carbocycles. The SMILES string of the molecule is O=c1c(Cl)c(C(F)(F)F)nc(Nc2cccc([N+](=O)[O-])c2)n1Cc1ccc(Cl)cc1. The lowest BCUT2D eigenvalue weighted by molar-refractivity contribution is -0.384. The van der Waals surface area contributed by atoms with Crippen LogP contribution in [-0.2, 0) is 12.7 Å². The molecule has 0 aliphatic rings. The van der Waals surface area contributed by atoms with Crippen LogP contribution in [0.1, 0.15) is 11.3 Å². The van der Waals surface area contributed by atoms with Gasteiger partial charge in [0.1, 0.15) is 5.02 Å². The topological polar surface area (TPSA) is 90.1 Å². The lowest BCUT2D eigenvalue weighted by Gasteiger charge is -2.17. The minimum atomic E-state index is -4.98. The predicted octanol–water partition coefficient (Wildman–Crippen LogP) is 5.27. The van der Waals surface area contributed by atoms with E-state index in [1.807, 2.05) is 0 Å². The maximum Gasteiger partial charge on any atom is 0.435 e. The third-order valence-corrected chi connectivity index (χ3v) is 4.54. The molecule has 0 radical (unpaired) electrons. The molecule has 0 aliphatic carbocycles. The number of hydrogen-bond donors (Lipinski definition) is 1. The molecule has 7 nitrogen and oxygen atoms in total. The average Bonchev–Trinajstić information content (AvgIpc) is 2.68. The van der Waals surface area contributed by atoms with Gasteiger partial charge >= 0.3 is 6.18 Å². The summed E-state index contributed by atoms with van der Waals surface area (Å²) in [7, 11) is 0. The van der Waals surface area contributed by atoms with Crippen molar-refractivity contribution in [1.29, 1.82) is 0 Å². The van der Waals surface area contributed by atoms with Crippen LogP contribution in [0.4, 0.5) is 30.5 Å². The standard InChI is InChI=1S/C18H11Cl2F3N4O3/c19-11-6-4-10(5-7-11)9-26-16(28)14(20)15(18(21,22)23)25-17(26)24-12-2-1-3-13(8-12)27(29)30/h1-8H,9H2,(H,24,25). The molecule has 12 heteroatoms. The summed E-state index contributed by atoms with van der Waals surface area (Å²) in [5.41, 5.74) is -2.37. The van der Waals surface area contributed by atoms with Crippen molar-refractivity contribution in [3.63, 3.8) is 0 Å². The van der Waals surface area contributed by atoms with Crippen LogP contribution in [-0.4, -0.2) is 14.5 Å². The number of nitrogens with zero attached hydrogens (tertiary/aromatic N) is 3. The van der Waals surface area contributed by atoms with Gasteiger partial charge in [0.15, 0.2) is 5.69 Å². The minimum Gasteiger partial charge on any atom is -0.325 e. The van der Waals surface area contributed by atoms with Crippen LogP contribution in [0.3, 0.4) is 0 Å². The smallest absolute Gasteiger partial charge is 0.325 e. The molecule has 0 bridgehead atoms. The second kappa shape index (κ2) is 8.33. The number of alkyl halides is 3. The summed E-state index contributed by atoms with van der Waals surface area (Å²) in [5.74, 6) is -0.479. The Balaban J connectivity index is 2.13. The minimum absolute atomic E-state index is 0.0661. The third kappa shape index (κ3) is 4.71. The number of benzene rings is 2. The fourth-order valence-electron chi connectivity index (χ4n) is 2.56. The summed E-state index contributed by atoms with van der Waals surface area (Å²) < 4.78 is 40.8. The van der Waals surface area contributed by atoms with Gasteiger partial charge < -0.3 is 5.32 Å². The summed E-state index contributed by atoms with van der Waals surface area (Å²) >= 11 is 11.5. The van der Waals surface area contributed by atoms with Crippen molar-refractivity contribution < 1.29 is 18.1 Å². The van der Waals surface area contributed by atoms with Crippen LogP contribution < -0.4 is 10.9 Å². The molecule has 2 aromatic carbocycles. The molecule has 0 spiro atoms. The highest BCUT2D eigenvalue weighted by Gasteiger charge is 2.38. The van der Waals surface area contributed by atoms with E-state index in [4.69, 9.17) is 23.2 Å². The van der Waals surface area contributed by atoms with E-state index in [1.54, 1.807) is 24.3 Å². The first-order valence-corrected chi connectivity index (χ1v) is 8.95. The summed E-state index contributed by atoms with van der Waals surface area (Å²) in [6, 6.07) is 11.3. The Morgan fingerprint density at radius 3 is 2.40 bits per heavy atom. The summed E-state index contributed by atoms with van der Waals surface area (Å²) in [5, 5.41) is 12.9. The fourth-order valence-corrected chi connectivity index (χ4v) is 2.94. The number of nitrogens with one attached hydrogen (secondary N) is 1. The van der Waals surface area contributed by atoms with E-state index in [0.717, 1.165) is 10.6 Å². The molecule has 0 aliphatic heterocycles. The molecule has 1 N–H and O–H groups in total. The van der Waals surface area contributed by atoms with Crippen molar-refractivity contribution in [3.8, 4) is 0 Å². The van der Waals surface area contributed by atoms with Gasteiger partial charge in [-0.05, 0) is 23.8 Å².